The van der Waals surface area contributed by atoms with E-state index in [0.29, 0.717) is 18.6 Å². The molecule has 0 spiro atoms. The molecule has 0 radical (unpaired) electrons. The fraction of sp³-hybridized carbons (Fsp3) is 1.00. The van der Waals surface area contributed by atoms with E-state index in [1.165, 1.54) is 25.7 Å². The Balaban J connectivity index is 2.40. The van der Waals surface area contributed by atoms with Gasteiger partial charge in [-0.15, -0.1) is 0 Å². The van der Waals surface area contributed by atoms with Gasteiger partial charge < -0.3 is 20.1 Å². The SMILES string of the molecule is CCC(CC)(CNC1CC1)CN(C)CC(O)COC. The summed E-state index contributed by atoms with van der Waals surface area (Å²) in [5, 5.41) is 13.5. The Kier molecular flexibility index (Phi) is 7.29. The van der Waals surface area contributed by atoms with E-state index in [1.807, 2.05) is 0 Å². The molecule has 0 saturated heterocycles. The van der Waals surface area contributed by atoms with Crippen LogP contribution in [0, 0.1) is 5.41 Å². The summed E-state index contributed by atoms with van der Waals surface area (Å²) in [6.07, 6.45) is 4.64. The summed E-state index contributed by atoms with van der Waals surface area (Å²) in [5.41, 5.74) is 0.324. The van der Waals surface area contributed by atoms with Gasteiger partial charge in [0.05, 0.1) is 12.7 Å². The van der Waals surface area contributed by atoms with E-state index < -0.39 is 6.10 Å². The van der Waals surface area contributed by atoms with Gasteiger partial charge in [0.15, 0.2) is 0 Å². The van der Waals surface area contributed by atoms with Crippen LogP contribution in [0.25, 0.3) is 0 Å². The van der Waals surface area contributed by atoms with Gasteiger partial charge in [-0.3, -0.25) is 0 Å². The highest BCUT2D eigenvalue weighted by Crippen LogP contribution is 2.29. The molecule has 4 heteroatoms. The van der Waals surface area contributed by atoms with E-state index in [-0.39, 0.29) is 0 Å². The molecule has 0 amide bonds. The van der Waals surface area contributed by atoms with E-state index in [4.69, 9.17) is 4.74 Å². The van der Waals surface area contributed by atoms with Crippen molar-refractivity contribution in [1.29, 1.82) is 0 Å². The van der Waals surface area contributed by atoms with Crippen LogP contribution in [-0.4, -0.2) is 62.6 Å². The number of aliphatic hydroxyl groups is 1. The average Bonchev–Trinajstić information content (AvgIpc) is 3.18. The quantitative estimate of drug-likeness (QED) is 0.598. The Labute approximate surface area is 118 Å². The Hall–Kier alpha value is -0.160. The Bertz CT molecular complexity index is 240. The van der Waals surface area contributed by atoms with Crippen molar-refractivity contribution in [2.75, 3.05) is 40.4 Å². The zero-order valence-corrected chi connectivity index (χ0v) is 13.1. The maximum atomic E-state index is 9.81. The predicted molar refractivity (Wildman–Crippen MR) is 79.4 cm³/mol. The van der Waals surface area contributed by atoms with Crippen molar-refractivity contribution >= 4 is 0 Å². The number of aliphatic hydroxyl groups excluding tert-OH is 1. The van der Waals surface area contributed by atoms with Gasteiger partial charge in [-0.2, -0.15) is 0 Å². The van der Waals surface area contributed by atoms with Gasteiger partial charge in [-0.1, -0.05) is 13.8 Å². The van der Waals surface area contributed by atoms with Crippen molar-refractivity contribution in [2.24, 2.45) is 5.41 Å². The maximum absolute atomic E-state index is 9.81. The Morgan fingerprint density at radius 2 is 2.00 bits per heavy atom. The fourth-order valence-electron chi connectivity index (χ4n) is 2.67. The highest BCUT2D eigenvalue weighted by Gasteiger charge is 2.31. The second kappa shape index (κ2) is 8.20. The molecule has 0 aromatic heterocycles. The summed E-state index contributed by atoms with van der Waals surface area (Å²) >= 11 is 0. The summed E-state index contributed by atoms with van der Waals surface area (Å²) in [4.78, 5) is 2.24. The van der Waals surface area contributed by atoms with Crippen LogP contribution in [0.5, 0.6) is 0 Å². The molecule has 19 heavy (non-hydrogen) atoms. The average molecular weight is 272 g/mol. The number of rotatable bonds is 11. The summed E-state index contributed by atoms with van der Waals surface area (Å²) < 4.78 is 4.99. The summed E-state index contributed by atoms with van der Waals surface area (Å²) in [5.74, 6) is 0. The van der Waals surface area contributed by atoms with Crippen molar-refractivity contribution in [3.8, 4) is 0 Å². The number of likely N-dealkylation sites (N-methyl/N-ethyl adjacent to an activating group) is 1. The first-order valence-corrected chi connectivity index (χ1v) is 7.64. The van der Waals surface area contributed by atoms with Crippen LogP contribution in [0.3, 0.4) is 0 Å². The number of nitrogens with one attached hydrogen (secondary N) is 1. The molecule has 1 atom stereocenters. The molecular formula is C15H32N2O2. The third-order valence-electron chi connectivity index (χ3n) is 4.33. The monoisotopic (exact) mass is 272 g/mol. The molecule has 4 nitrogen and oxygen atoms in total. The molecule has 1 aliphatic carbocycles. The Morgan fingerprint density at radius 3 is 2.47 bits per heavy atom. The molecule has 0 aliphatic heterocycles. The first-order chi connectivity index (χ1) is 9.05. The van der Waals surface area contributed by atoms with Crippen molar-refractivity contribution in [3.63, 3.8) is 0 Å². The van der Waals surface area contributed by atoms with E-state index in [1.54, 1.807) is 7.11 Å². The maximum Gasteiger partial charge on any atom is 0.0899 e. The molecule has 0 bridgehead atoms. The lowest BCUT2D eigenvalue weighted by Crippen LogP contribution is -2.45. The molecule has 1 saturated carbocycles. The molecule has 0 heterocycles. The van der Waals surface area contributed by atoms with Crippen molar-refractivity contribution in [3.05, 3.63) is 0 Å². The van der Waals surface area contributed by atoms with Crippen LogP contribution >= 0.6 is 0 Å². The molecular weight excluding hydrogens is 240 g/mol. The van der Waals surface area contributed by atoms with E-state index in [0.717, 1.165) is 19.1 Å². The predicted octanol–water partition coefficient (Wildman–Crippen LogP) is 1.48. The minimum absolute atomic E-state index is 0.324. The van der Waals surface area contributed by atoms with Crippen molar-refractivity contribution in [1.82, 2.24) is 10.2 Å². The van der Waals surface area contributed by atoms with Crippen LogP contribution in [0.15, 0.2) is 0 Å². The van der Waals surface area contributed by atoms with Crippen LogP contribution in [-0.2, 0) is 4.74 Å². The molecule has 114 valence electrons. The first kappa shape index (κ1) is 16.9. The minimum Gasteiger partial charge on any atom is -0.389 e. The fourth-order valence-corrected chi connectivity index (χ4v) is 2.67. The highest BCUT2D eigenvalue weighted by molar-refractivity contribution is 4.88. The number of hydrogen-bond acceptors (Lipinski definition) is 4. The largest absolute Gasteiger partial charge is 0.389 e. The van der Waals surface area contributed by atoms with E-state index in [2.05, 4.69) is 31.1 Å². The summed E-state index contributed by atoms with van der Waals surface area (Å²) in [7, 11) is 3.72. The minimum atomic E-state index is -0.391. The van der Waals surface area contributed by atoms with E-state index >= 15 is 0 Å². The molecule has 2 N–H and O–H groups in total. The third kappa shape index (κ3) is 6.21. The molecule has 1 fully saturated rings. The molecule has 0 aromatic carbocycles. The van der Waals surface area contributed by atoms with Crippen molar-refractivity contribution < 1.29 is 9.84 Å². The molecule has 0 aromatic rings. The van der Waals surface area contributed by atoms with Crippen LogP contribution in [0.1, 0.15) is 39.5 Å². The van der Waals surface area contributed by atoms with Gasteiger partial charge in [0.2, 0.25) is 0 Å². The summed E-state index contributed by atoms with van der Waals surface area (Å²) in [6.45, 7) is 7.76. The number of hydrogen-bond donors (Lipinski definition) is 2. The van der Waals surface area contributed by atoms with Gasteiger partial charge in [-0.25, -0.2) is 0 Å². The lowest BCUT2D eigenvalue weighted by molar-refractivity contribution is 0.0319. The molecule has 1 aliphatic rings. The van der Waals surface area contributed by atoms with Crippen molar-refractivity contribution in [2.45, 2.75) is 51.7 Å². The van der Waals surface area contributed by atoms with Gasteiger partial charge in [0, 0.05) is 32.8 Å². The van der Waals surface area contributed by atoms with Crippen LogP contribution < -0.4 is 5.32 Å². The number of ether oxygens (including phenoxy) is 1. The number of methoxy groups -OCH3 is 1. The van der Waals surface area contributed by atoms with Crippen LogP contribution in [0.2, 0.25) is 0 Å². The lowest BCUT2D eigenvalue weighted by Gasteiger charge is -2.36. The molecule has 1 rings (SSSR count). The lowest BCUT2D eigenvalue weighted by atomic mass is 9.81. The Morgan fingerprint density at radius 1 is 1.37 bits per heavy atom. The molecule has 1 unspecified atom stereocenters. The zero-order chi connectivity index (χ0) is 14.3. The smallest absolute Gasteiger partial charge is 0.0899 e. The second-order valence-corrected chi connectivity index (χ2v) is 6.17. The third-order valence-corrected chi connectivity index (χ3v) is 4.33. The van der Waals surface area contributed by atoms with Gasteiger partial charge in [0.1, 0.15) is 0 Å². The standard InChI is InChI=1S/C15H32N2O2/c1-5-15(6-2,11-16-13-7-8-13)12-17(3)9-14(18)10-19-4/h13-14,16,18H,5-12H2,1-4H3. The number of nitrogens with zero attached hydrogens (tertiary/aromatic N) is 1. The second-order valence-electron chi connectivity index (χ2n) is 6.17. The van der Waals surface area contributed by atoms with Gasteiger partial charge >= 0.3 is 0 Å². The normalized spacial score (nSPS) is 18.0. The highest BCUT2D eigenvalue weighted by atomic mass is 16.5. The summed E-state index contributed by atoms with van der Waals surface area (Å²) in [6, 6.07) is 0.766. The topological polar surface area (TPSA) is 44.7 Å². The van der Waals surface area contributed by atoms with Crippen LogP contribution in [0.4, 0.5) is 0 Å². The van der Waals surface area contributed by atoms with E-state index in [9.17, 15) is 5.11 Å². The first-order valence-electron chi connectivity index (χ1n) is 7.64. The van der Waals surface area contributed by atoms with Gasteiger partial charge in [0.25, 0.3) is 0 Å². The van der Waals surface area contributed by atoms with Gasteiger partial charge in [-0.05, 0) is 38.1 Å². The zero-order valence-electron chi connectivity index (χ0n) is 13.1.